The predicted molar refractivity (Wildman–Crippen MR) is 56.5 cm³/mol. The lowest BCUT2D eigenvalue weighted by atomic mass is 10.3. The Balaban J connectivity index is 2.11. The molecule has 0 bridgehead atoms. The Kier molecular flexibility index (Phi) is 3.04. The number of nitrogens with zero attached hydrogens (tertiary/aromatic N) is 4. The van der Waals surface area contributed by atoms with Crippen molar-refractivity contribution in [3.05, 3.63) is 36.7 Å². The van der Waals surface area contributed by atoms with Crippen LogP contribution in [0.25, 0.3) is 5.95 Å². The molecule has 0 aliphatic heterocycles. The van der Waals surface area contributed by atoms with Crippen LogP contribution in [0.5, 0.6) is 0 Å². The second-order valence-corrected chi connectivity index (χ2v) is 3.14. The zero-order valence-electron chi connectivity index (χ0n) is 8.59. The highest BCUT2D eigenvalue weighted by atomic mass is 15.2. The Morgan fingerprint density at radius 3 is 2.73 bits per heavy atom. The molecule has 0 amide bonds. The highest BCUT2D eigenvalue weighted by Crippen LogP contribution is 2.00. The second-order valence-electron chi connectivity index (χ2n) is 3.14. The van der Waals surface area contributed by atoms with Crippen molar-refractivity contribution in [3.63, 3.8) is 0 Å². The van der Waals surface area contributed by atoms with E-state index in [1.807, 2.05) is 18.6 Å². The fraction of sp³-hybridized carbons (Fsp3) is 0.300. The molecule has 0 fully saturated rings. The summed E-state index contributed by atoms with van der Waals surface area (Å²) in [6, 6.07) is 0. The molecule has 2 aromatic rings. The first kappa shape index (κ1) is 9.79. The maximum Gasteiger partial charge on any atom is 0.234 e. The molecule has 2 rings (SSSR count). The number of hydrogen-bond donors (Lipinski definition) is 1. The molecule has 15 heavy (non-hydrogen) atoms. The van der Waals surface area contributed by atoms with Gasteiger partial charge in [0.05, 0.1) is 0 Å². The third kappa shape index (κ3) is 2.38. The van der Waals surface area contributed by atoms with Crippen molar-refractivity contribution in [2.75, 3.05) is 6.54 Å². The highest BCUT2D eigenvalue weighted by Gasteiger charge is 1.98. The molecule has 0 aliphatic carbocycles. The van der Waals surface area contributed by atoms with E-state index in [1.165, 1.54) is 0 Å². The van der Waals surface area contributed by atoms with Gasteiger partial charge in [-0.25, -0.2) is 15.0 Å². The van der Waals surface area contributed by atoms with E-state index in [2.05, 4.69) is 27.2 Å². The van der Waals surface area contributed by atoms with Crippen molar-refractivity contribution < 1.29 is 0 Å². The SMILES string of the molecule is CCNCc1cnc(-n2ccnc2)nc1. The summed E-state index contributed by atoms with van der Waals surface area (Å²) < 4.78 is 1.77. The number of rotatable bonds is 4. The van der Waals surface area contributed by atoms with Crippen LogP contribution in [0, 0.1) is 0 Å². The minimum absolute atomic E-state index is 0.646. The van der Waals surface area contributed by atoms with Crippen LogP contribution in [0.1, 0.15) is 12.5 Å². The van der Waals surface area contributed by atoms with Gasteiger partial charge in [-0.05, 0) is 6.54 Å². The van der Waals surface area contributed by atoms with E-state index in [9.17, 15) is 0 Å². The number of imidazole rings is 1. The maximum absolute atomic E-state index is 4.25. The van der Waals surface area contributed by atoms with Gasteiger partial charge in [0.15, 0.2) is 0 Å². The van der Waals surface area contributed by atoms with Gasteiger partial charge in [0, 0.05) is 36.9 Å². The summed E-state index contributed by atoms with van der Waals surface area (Å²) in [5.74, 6) is 0.646. The van der Waals surface area contributed by atoms with Gasteiger partial charge in [0.2, 0.25) is 5.95 Å². The highest BCUT2D eigenvalue weighted by molar-refractivity contribution is 5.14. The van der Waals surface area contributed by atoms with Gasteiger partial charge in [0.1, 0.15) is 6.33 Å². The Morgan fingerprint density at radius 1 is 1.33 bits per heavy atom. The van der Waals surface area contributed by atoms with Crippen LogP contribution in [0.3, 0.4) is 0 Å². The van der Waals surface area contributed by atoms with Crippen molar-refractivity contribution in [2.24, 2.45) is 0 Å². The maximum atomic E-state index is 4.25. The summed E-state index contributed by atoms with van der Waals surface area (Å²) in [6.45, 7) is 3.82. The minimum atomic E-state index is 0.646. The van der Waals surface area contributed by atoms with Gasteiger partial charge in [-0.1, -0.05) is 6.92 Å². The van der Waals surface area contributed by atoms with Gasteiger partial charge >= 0.3 is 0 Å². The molecular formula is C10H13N5. The molecular weight excluding hydrogens is 190 g/mol. The average Bonchev–Trinajstić information content (AvgIpc) is 2.80. The van der Waals surface area contributed by atoms with E-state index in [1.54, 1.807) is 17.1 Å². The Hall–Kier alpha value is -1.75. The molecule has 0 atom stereocenters. The molecule has 5 heteroatoms. The molecule has 5 nitrogen and oxygen atoms in total. The van der Waals surface area contributed by atoms with E-state index >= 15 is 0 Å². The zero-order chi connectivity index (χ0) is 10.5. The summed E-state index contributed by atoms with van der Waals surface area (Å²) in [5, 5.41) is 3.22. The molecule has 78 valence electrons. The first-order valence-corrected chi connectivity index (χ1v) is 4.90. The van der Waals surface area contributed by atoms with E-state index in [0.717, 1.165) is 18.7 Å². The van der Waals surface area contributed by atoms with Crippen molar-refractivity contribution >= 4 is 0 Å². The molecule has 0 saturated carbocycles. The van der Waals surface area contributed by atoms with Gasteiger partial charge in [0.25, 0.3) is 0 Å². The molecule has 0 spiro atoms. The van der Waals surface area contributed by atoms with Crippen LogP contribution >= 0.6 is 0 Å². The Bertz CT molecular complexity index is 392. The molecule has 0 aliphatic rings. The summed E-state index contributed by atoms with van der Waals surface area (Å²) in [6.07, 6.45) is 8.85. The topological polar surface area (TPSA) is 55.6 Å². The van der Waals surface area contributed by atoms with Gasteiger partial charge < -0.3 is 5.32 Å². The van der Waals surface area contributed by atoms with Gasteiger partial charge in [-0.15, -0.1) is 0 Å². The number of nitrogens with one attached hydrogen (secondary N) is 1. The van der Waals surface area contributed by atoms with Crippen LogP contribution < -0.4 is 5.32 Å². The Morgan fingerprint density at radius 2 is 2.13 bits per heavy atom. The van der Waals surface area contributed by atoms with Crippen LogP contribution in [0.15, 0.2) is 31.1 Å². The normalized spacial score (nSPS) is 10.5. The van der Waals surface area contributed by atoms with Crippen LogP contribution in [-0.4, -0.2) is 26.1 Å². The first-order valence-electron chi connectivity index (χ1n) is 4.90. The standard InChI is InChI=1S/C10H13N5/c1-2-11-5-9-6-13-10(14-7-9)15-4-3-12-8-15/h3-4,6-8,11H,2,5H2,1H3. The van der Waals surface area contributed by atoms with Crippen LogP contribution in [0.2, 0.25) is 0 Å². The van der Waals surface area contributed by atoms with Gasteiger partial charge in [-0.2, -0.15) is 0 Å². The molecule has 2 aromatic heterocycles. The van der Waals surface area contributed by atoms with Crippen LogP contribution in [-0.2, 0) is 6.54 Å². The fourth-order valence-corrected chi connectivity index (χ4v) is 1.22. The second kappa shape index (κ2) is 4.65. The summed E-state index contributed by atoms with van der Waals surface area (Å²) in [4.78, 5) is 12.4. The van der Waals surface area contributed by atoms with E-state index in [4.69, 9.17) is 0 Å². The number of hydrogen-bond acceptors (Lipinski definition) is 4. The van der Waals surface area contributed by atoms with Crippen molar-refractivity contribution in [2.45, 2.75) is 13.5 Å². The van der Waals surface area contributed by atoms with Crippen molar-refractivity contribution in [1.29, 1.82) is 0 Å². The first-order chi connectivity index (χ1) is 7.40. The molecule has 0 saturated heterocycles. The molecule has 0 unspecified atom stereocenters. The molecule has 2 heterocycles. The van der Waals surface area contributed by atoms with Crippen molar-refractivity contribution in [3.8, 4) is 5.95 Å². The molecule has 0 radical (unpaired) electrons. The smallest absolute Gasteiger partial charge is 0.234 e. The summed E-state index contributed by atoms with van der Waals surface area (Å²) in [5.41, 5.74) is 1.08. The Labute approximate surface area is 88.2 Å². The zero-order valence-corrected chi connectivity index (χ0v) is 8.59. The van der Waals surface area contributed by atoms with E-state index in [-0.39, 0.29) is 0 Å². The molecule has 0 aromatic carbocycles. The van der Waals surface area contributed by atoms with Crippen LogP contribution in [0.4, 0.5) is 0 Å². The van der Waals surface area contributed by atoms with E-state index in [0.29, 0.717) is 5.95 Å². The lowest BCUT2D eigenvalue weighted by Gasteiger charge is -2.02. The summed E-state index contributed by atoms with van der Waals surface area (Å²) >= 11 is 0. The van der Waals surface area contributed by atoms with Gasteiger partial charge in [-0.3, -0.25) is 4.57 Å². The summed E-state index contributed by atoms with van der Waals surface area (Å²) in [7, 11) is 0. The number of aromatic nitrogens is 4. The quantitative estimate of drug-likeness (QED) is 0.797. The minimum Gasteiger partial charge on any atom is -0.313 e. The van der Waals surface area contributed by atoms with Crippen molar-refractivity contribution in [1.82, 2.24) is 24.8 Å². The lowest BCUT2D eigenvalue weighted by Crippen LogP contribution is -2.12. The predicted octanol–water partition coefficient (Wildman–Crippen LogP) is 0.772. The average molecular weight is 203 g/mol. The molecule has 1 N–H and O–H groups in total. The lowest BCUT2D eigenvalue weighted by molar-refractivity contribution is 0.719. The monoisotopic (exact) mass is 203 g/mol. The largest absolute Gasteiger partial charge is 0.313 e. The third-order valence-electron chi connectivity index (χ3n) is 2.01. The fourth-order valence-electron chi connectivity index (χ4n) is 1.22. The third-order valence-corrected chi connectivity index (χ3v) is 2.01. The van der Waals surface area contributed by atoms with E-state index < -0.39 is 0 Å².